The zero-order valence-electron chi connectivity index (χ0n) is 14.0. The maximum atomic E-state index is 5.96. The van der Waals surface area contributed by atoms with Crippen LogP contribution in [0, 0.1) is 0 Å². The van der Waals surface area contributed by atoms with Crippen LogP contribution in [0.25, 0.3) is 0 Å². The second kappa shape index (κ2) is 6.88. The van der Waals surface area contributed by atoms with Crippen LogP contribution < -0.4 is 16.0 Å². The van der Waals surface area contributed by atoms with Crippen LogP contribution in [0.1, 0.15) is 24.8 Å². The second-order valence-electron chi connectivity index (χ2n) is 7.23. The number of nitrogens with zero attached hydrogens (tertiary/aromatic N) is 2. The Morgan fingerprint density at radius 2 is 2.00 bits per heavy atom. The van der Waals surface area contributed by atoms with Gasteiger partial charge in [0.15, 0.2) is 0 Å². The predicted octanol–water partition coefficient (Wildman–Crippen LogP) is 1.85. The number of hydrogen-bond donors (Lipinski definition) is 2. The summed E-state index contributed by atoms with van der Waals surface area (Å²) in [6.45, 7) is 8.43. The molecule has 0 spiro atoms. The molecule has 0 saturated carbocycles. The molecule has 1 aromatic carbocycles. The van der Waals surface area contributed by atoms with Crippen LogP contribution in [0.5, 0.6) is 0 Å². The van der Waals surface area contributed by atoms with Gasteiger partial charge in [0.25, 0.3) is 0 Å². The minimum atomic E-state index is 0.880. The highest BCUT2D eigenvalue weighted by Crippen LogP contribution is 2.28. The lowest BCUT2D eigenvalue weighted by molar-refractivity contribution is -0.896. The standard InChI is InChI=1S/C18H31N4/c1-22(12-2-3-13-22)14-9-20-8-11-21-10-4-5-16-6-7-17(19)15-18(16)21/h6-7,15,20H,2-5,8-14,19H2,1H3/q+1. The van der Waals surface area contributed by atoms with Crippen molar-refractivity contribution in [2.24, 2.45) is 0 Å². The number of hydrogen-bond acceptors (Lipinski definition) is 3. The molecule has 4 nitrogen and oxygen atoms in total. The summed E-state index contributed by atoms with van der Waals surface area (Å²) >= 11 is 0. The highest BCUT2D eigenvalue weighted by atomic mass is 15.3. The van der Waals surface area contributed by atoms with Gasteiger partial charge in [-0.15, -0.1) is 0 Å². The second-order valence-corrected chi connectivity index (χ2v) is 7.23. The van der Waals surface area contributed by atoms with Crippen LogP contribution in [0.3, 0.4) is 0 Å². The van der Waals surface area contributed by atoms with E-state index < -0.39 is 0 Å². The molecule has 1 aromatic rings. The van der Waals surface area contributed by atoms with E-state index in [9.17, 15) is 0 Å². The fourth-order valence-corrected chi connectivity index (χ4v) is 3.91. The van der Waals surface area contributed by atoms with Gasteiger partial charge in [-0.05, 0) is 30.5 Å². The van der Waals surface area contributed by atoms with E-state index in [0.29, 0.717) is 0 Å². The van der Waals surface area contributed by atoms with Crippen LogP contribution in [0.15, 0.2) is 18.2 Å². The molecule has 1 fully saturated rings. The van der Waals surface area contributed by atoms with Crippen LogP contribution >= 0.6 is 0 Å². The Balaban J connectivity index is 1.44. The molecule has 0 aromatic heterocycles. The Morgan fingerprint density at radius 3 is 2.82 bits per heavy atom. The molecule has 0 unspecified atom stereocenters. The van der Waals surface area contributed by atoms with Crippen LogP contribution in [0.4, 0.5) is 11.4 Å². The normalized spacial score (nSPS) is 20.1. The van der Waals surface area contributed by atoms with Gasteiger partial charge in [-0.3, -0.25) is 0 Å². The van der Waals surface area contributed by atoms with Crippen molar-refractivity contribution in [3.05, 3.63) is 23.8 Å². The van der Waals surface area contributed by atoms with Gasteiger partial charge < -0.3 is 20.4 Å². The molecule has 0 aliphatic carbocycles. The molecule has 0 radical (unpaired) electrons. The third-order valence-corrected chi connectivity index (χ3v) is 5.36. The Hall–Kier alpha value is -1.26. The van der Waals surface area contributed by atoms with Crippen molar-refractivity contribution in [1.29, 1.82) is 0 Å². The van der Waals surface area contributed by atoms with Gasteiger partial charge in [0.05, 0.1) is 26.7 Å². The van der Waals surface area contributed by atoms with E-state index in [1.165, 1.54) is 61.1 Å². The summed E-state index contributed by atoms with van der Waals surface area (Å²) in [4.78, 5) is 2.49. The fraction of sp³-hybridized carbons (Fsp3) is 0.667. The Labute approximate surface area is 134 Å². The minimum Gasteiger partial charge on any atom is -0.399 e. The Morgan fingerprint density at radius 1 is 1.18 bits per heavy atom. The van der Waals surface area contributed by atoms with Gasteiger partial charge >= 0.3 is 0 Å². The van der Waals surface area contributed by atoms with Crippen molar-refractivity contribution in [2.75, 3.05) is 63.5 Å². The number of likely N-dealkylation sites (tertiary alicyclic amines) is 1. The number of nitrogens with two attached hydrogens (primary N) is 1. The molecular formula is C18H31N4+. The van der Waals surface area contributed by atoms with Crippen molar-refractivity contribution in [3.63, 3.8) is 0 Å². The van der Waals surface area contributed by atoms with Crippen molar-refractivity contribution in [2.45, 2.75) is 25.7 Å². The van der Waals surface area contributed by atoms with E-state index in [-0.39, 0.29) is 0 Å². The van der Waals surface area contributed by atoms with Gasteiger partial charge in [-0.1, -0.05) is 6.07 Å². The zero-order valence-corrected chi connectivity index (χ0v) is 14.0. The average molecular weight is 303 g/mol. The predicted molar refractivity (Wildman–Crippen MR) is 94.3 cm³/mol. The van der Waals surface area contributed by atoms with Crippen LogP contribution in [-0.2, 0) is 6.42 Å². The molecule has 122 valence electrons. The van der Waals surface area contributed by atoms with Crippen LogP contribution in [0.2, 0.25) is 0 Å². The smallest absolute Gasteiger partial charge is 0.0911 e. The number of quaternary nitrogens is 1. The average Bonchev–Trinajstić information content (AvgIpc) is 2.94. The maximum absolute atomic E-state index is 5.96. The molecule has 0 amide bonds. The number of fused-ring (bicyclic) bond motifs is 1. The molecule has 2 aliphatic heterocycles. The van der Waals surface area contributed by atoms with Crippen LogP contribution in [-0.4, -0.2) is 57.3 Å². The van der Waals surface area contributed by atoms with Crippen molar-refractivity contribution < 1.29 is 4.48 Å². The van der Waals surface area contributed by atoms with Gasteiger partial charge in [0.2, 0.25) is 0 Å². The van der Waals surface area contributed by atoms with E-state index in [0.717, 1.165) is 31.9 Å². The molecule has 1 saturated heterocycles. The molecule has 0 bridgehead atoms. The summed E-state index contributed by atoms with van der Waals surface area (Å²) in [6, 6.07) is 6.37. The molecule has 4 heteroatoms. The number of rotatable bonds is 6. The number of aryl methyl sites for hydroxylation is 1. The summed E-state index contributed by atoms with van der Waals surface area (Å²) in [6.07, 6.45) is 5.26. The molecular weight excluding hydrogens is 272 g/mol. The van der Waals surface area contributed by atoms with Gasteiger partial charge in [-0.2, -0.15) is 0 Å². The molecule has 3 rings (SSSR count). The summed E-state index contributed by atoms with van der Waals surface area (Å²) in [5.41, 5.74) is 9.65. The van der Waals surface area contributed by atoms with Gasteiger partial charge in [-0.25, -0.2) is 0 Å². The van der Waals surface area contributed by atoms with Crippen molar-refractivity contribution >= 4 is 11.4 Å². The number of anilines is 2. The number of nitrogens with one attached hydrogen (secondary N) is 1. The zero-order chi connectivity index (χ0) is 15.4. The summed E-state index contributed by atoms with van der Waals surface area (Å²) in [5, 5.41) is 3.64. The summed E-state index contributed by atoms with van der Waals surface area (Å²) in [5.74, 6) is 0. The van der Waals surface area contributed by atoms with E-state index in [2.05, 4.69) is 29.4 Å². The van der Waals surface area contributed by atoms with E-state index >= 15 is 0 Å². The first-order valence-electron chi connectivity index (χ1n) is 8.84. The Bertz CT molecular complexity index is 494. The summed E-state index contributed by atoms with van der Waals surface area (Å²) in [7, 11) is 2.40. The maximum Gasteiger partial charge on any atom is 0.0911 e. The molecule has 2 aliphatic rings. The first kappa shape index (κ1) is 15.6. The number of likely N-dealkylation sites (N-methyl/N-ethyl adjacent to an activating group) is 1. The van der Waals surface area contributed by atoms with Gasteiger partial charge in [0.1, 0.15) is 0 Å². The minimum absolute atomic E-state index is 0.880. The third kappa shape index (κ3) is 3.73. The van der Waals surface area contributed by atoms with E-state index in [1.807, 2.05) is 6.07 Å². The number of benzene rings is 1. The monoisotopic (exact) mass is 303 g/mol. The number of nitrogen functional groups attached to an aromatic ring is 1. The molecule has 22 heavy (non-hydrogen) atoms. The SMILES string of the molecule is C[N+]1(CCNCCN2CCCc3ccc(N)cc32)CCCC1. The first-order chi connectivity index (χ1) is 10.7. The fourth-order valence-electron chi connectivity index (χ4n) is 3.91. The lowest BCUT2D eigenvalue weighted by atomic mass is 10.0. The largest absolute Gasteiger partial charge is 0.399 e. The molecule has 0 atom stereocenters. The lowest BCUT2D eigenvalue weighted by Gasteiger charge is -2.32. The van der Waals surface area contributed by atoms with E-state index in [1.54, 1.807) is 0 Å². The Kier molecular flexibility index (Phi) is 4.89. The topological polar surface area (TPSA) is 41.3 Å². The highest BCUT2D eigenvalue weighted by Gasteiger charge is 2.25. The van der Waals surface area contributed by atoms with Gasteiger partial charge in [0, 0.05) is 50.4 Å². The van der Waals surface area contributed by atoms with E-state index in [4.69, 9.17) is 5.73 Å². The van der Waals surface area contributed by atoms with Crippen molar-refractivity contribution in [1.82, 2.24) is 5.32 Å². The molecule has 3 N–H and O–H groups in total. The summed E-state index contributed by atoms with van der Waals surface area (Å²) < 4.78 is 1.26. The third-order valence-electron chi connectivity index (χ3n) is 5.36. The lowest BCUT2D eigenvalue weighted by Crippen LogP contribution is -2.46. The quantitative estimate of drug-likeness (QED) is 0.479. The first-order valence-corrected chi connectivity index (χ1v) is 8.84. The molecule has 2 heterocycles. The highest BCUT2D eigenvalue weighted by molar-refractivity contribution is 5.62. The van der Waals surface area contributed by atoms with Crippen molar-refractivity contribution in [3.8, 4) is 0 Å².